The fraction of sp³-hybridized carbons (Fsp3) is 0.0333. The number of hydrogen-bond donors (Lipinski definition) is 1. The molecule has 0 spiro atoms. The molecule has 0 fully saturated rings. The van der Waals surface area contributed by atoms with E-state index in [4.69, 9.17) is 9.72 Å². The number of hydrogen-bond acceptors (Lipinski definition) is 4. The van der Waals surface area contributed by atoms with E-state index in [1.165, 1.54) is 0 Å². The number of pyridine rings is 1. The number of fused-ring (bicyclic) bond motifs is 1. The van der Waals surface area contributed by atoms with Gasteiger partial charge < -0.3 is 4.74 Å². The monoisotopic (exact) mass is 787 g/mol. The van der Waals surface area contributed by atoms with Crippen molar-refractivity contribution < 1.29 is 9.53 Å². The zero-order valence-corrected chi connectivity index (χ0v) is 25.8. The van der Waals surface area contributed by atoms with Crippen LogP contribution in [0.15, 0.2) is 107 Å². The molecule has 0 aliphatic carbocycles. The molecule has 4 aromatic carbocycles. The fourth-order valence-electron chi connectivity index (χ4n) is 3.87. The molecule has 0 aliphatic rings. The summed E-state index contributed by atoms with van der Waals surface area (Å²) in [5.41, 5.74) is 7.60. The first-order chi connectivity index (χ1) is 18.5. The Kier molecular flexibility index (Phi) is 8.70. The van der Waals surface area contributed by atoms with Gasteiger partial charge in [0.25, 0.3) is 5.91 Å². The van der Waals surface area contributed by atoms with Crippen LogP contribution in [0.3, 0.4) is 0 Å². The second-order valence-corrected chi connectivity index (χ2v) is 11.6. The molecule has 0 radical (unpaired) electrons. The minimum absolute atomic E-state index is 0.295. The van der Waals surface area contributed by atoms with Crippen LogP contribution in [0.2, 0.25) is 0 Å². The largest absolute Gasteiger partial charge is 0.487 e. The van der Waals surface area contributed by atoms with E-state index in [0.29, 0.717) is 12.2 Å². The van der Waals surface area contributed by atoms with E-state index in [2.05, 4.69) is 71.6 Å². The van der Waals surface area contributed by atoms with Crippen molar-refractivity contribution in [3.63, 3.8) is 0 Å². The van der Waals surface area contributed by atoms with E-state index in [1.807, 2.05) is 97.1 Å². The third kappa shape index (κ3) is 6.41. The molecule has 0 bridgehead atoms. The van der Waals surface area contributed by atoms with E-state index in [-0.39, 0.29) is 5.91 Å². The van der Waals surface area contributed by atoms with E-state index in [9.17, 15) is 4.79 Å². The molecule has 0 saturated heterocycles. The molecular weight excluding hydrogens is 768 g/mol. The first-order valence-electron chi connectivity index (χ1n) is 11.6. The lowest BCUT2D eigenvalue weighted by molar-refractivity contribution is 0.0956. The molecule has 5 nitrogen and oxygen atoms in total. The van der Waals surface area contributed by atoms with Crippen LogP contribution in [-0.4, -0.2) is 17.1 Å². The molecule has 0 aliphatic heterocycles. The van der Waals surface area contributed by atoms with Crippen molar-refractivity contribution in [1.29, 1.82) is 0 Å². The Morgan fingerprint density at radius 2 is 1.61 bits per heavy atom. The summed E-state index contributed by atoms with van der Waals surface area (Å²) in [5, 5.41) is 5.02. The van der Waals surface area contributed by atoms with Crippen LogP contribution in [0, 0.1) is 7.14 Å². The minimum atomic E-state index is -0.295. The summed E-state index contributed by atoms with van der Waals surface area (Å²) in [6.07, 6.45) is 1.64. The van der Waals surface area contributed by atoms with Crippen molar-refractivity contribution in [3.05, 3.63) is 125 Å². The van der Waals surface area contributed by atoms with Gasteiger partial charge in [-0.25, -0.2) is 10.4 Å². The first kappa shape index (κ1) is 26.8. The maximum absolute atomic E-state index is 13.2. The van der Waals surface area contributed by atoms with Crippen LogP contribution in [0.1, 0.15) is 21.5 Å². The molecule has 0 saturated carbocycles. The van der Waals surface area contributed by atoms with Gasteiger partial charge in [-0.1, -0.05) is 76.6 Å². The summed E-state index contributed by atoms with van der Waals surface area (Å²) in [7, 11) is 0. The Bertz CT molecular complexity index is 1620. The van der Waals surface area contributed by atoms with Gasteiger partial charge in [0.2, 0.25) is 0 Å². The van der Waals surface area contributed by atoms with Gasteiger partial charge >= 0.3 is 0 Å². The summed E-state index contributed by atoms with van der Waals surface area (Å²) in [5.74, 6) is 0.530. The topological polar surface area (TPSA) is 63.6 Å². The number of hydrazone groups is 1. The smallest absolute Gasteiger partial charge is 0.272 e. The molecule has 188 valence electrons. The summed E-state index contributed by atoms with van der Waals surface area (Å²) in [6, 6.07) is 31.3. The third-order valence-electron chi connectivity index (χ3n) is 5.73. The first-order valence-corrected chi connectivity index (χ1v) is 14.6. The average Bonchev–Trinajstić information content (AvgIpc) is 2.93. The van der Waals surface area contributed by atoms with Crippen LogP contribution < -0.4 is 10.2 Å². The number of amides is 1. The molecule has 38 heavy (non-hydrogen) atoms. The number of halogens is 3. The number of nitrogens with one attached hydrogen (secondary N) is 1. The molecular formula is C30H20BrI2N3O2. The van der Waals surface area contributed by atoms with Crippen LogP contribution in [-0.2, 0) is 6.61 Å². The van der Waals surface area contributed by atoms with Gasteiger partial charge in [0.15, 0.2) is 0 Å². The average molecular weight is 788 g/mol. The number of carbonyl (C=O) groups excluding carboxylic acids is 1. The maximum atomic E-state index is 13.2. The van der Waals surface area contributed by atoms with Gasteiger partial charge in [0.05, 0.1) is 30.1 Å². The normalized spacial score (nSPS) is 11.1. The molecule has 1 aromatic heterocycles. The summed E-state index contributed by atoms with van der Waals surface area (Å²) in [4.78, 5) is 17.9. The van der Waals surface area contributed by atoms with E-state index >= 15 is 0 Å². The Labute approximate surface area is 256 Å². The number of carbonyl (C=O) groups is 1. The molecule has 5 rings (SSSR count). The number of para-hydroxylation sites is 1. The third-order valence-corrected chi connectivity index (χ3v) is 7.86. The number of rotatable bonds is 7. The SMILES string of the molecule is O=C(N/N=C/c1cc(I)c(OCc2ccc(Br)cc2)c(I)c1)c1cc(-c2ccccc2)nc2ccccc12. The summed E-state index contributed by atoms with van der Waals surface area (Å²) < 4.78 is 9.05. The van der Waals surface area contributed by atoms with Crippen LogP contribution in [0.5, 0.6) is 5.75 Å². The van der Waals surface area contributed by atoms with Crippen LogP contribution >= 0.6 is 61.1 Å². The molecule has 1 N–H and O–H groups in total. The summed E-state index contributed by atoms with van der Waals surface area (Å²) >= 11 is 7.97. The lowest BCUT2D eigenvalue weighted by Gasteiger charge is -2.11. The quantitative estimate of drug-likeness (QED) is 0.103. The van der Waals surface area contributed by atoms with Crippen LogP contribution in [0.25, 0.3) is 22.2 Å². The fourth-order valence-corrected chi connectivity index (χ4v) is 6.27. The second kappa shape index (κ2) is 12.4. The zero-order chi connectivity index (χ0) is 26.5. The predicted octanol–water partition coefficient (Wildman–Crippen LogP) is 8.22. The maximum Gasteiger partial charge on any atom is 0.272 e. The second-order valence-electron chi connectivity index (χ2n) is 8.37. The minimum Gasteiger partial charge on any atom is -0.487 e. The van der Waals surface area contributed by atoms with Crippen LogP contribution in [0.4, 0.5) is 0 Å². The molecule has 1 heterocycles. The number of benzene rings is 4. The highest BCUT2D eigenvalue weighted by Gasteiger charge is 2.14. The van der Waals surface area contributed by atoms with Gasteiger partial charge in [-0.15, -0.1) is 0 Å². The van der Waals surface area contributed by atoms with Crippen molar-refractivity contribution in [1.82, 2.24) is 10.4 Å². The van der Waals surface area contributed by atoms with Gasteiger partial charge in [-0.05, 0) is 92.7 Å². The van der Waals surface area contributed by atoms with Crippen molar-refractivity contribution in [2.45, 2.75) is 6.61 Å². The summed E-state index contributed by atoms with van der Waals surface area (Å²) in [6.45, 7) is 0.480. The lowest BCUT2D eigenvalue weighted by atomic mass is 10.0. The van der Waals surface area contributed by atoms with Crippen molar-refractivity contribution in [2.75, 3.05) is 0 Å². The zero-order valence-electron chi connectivity index (χ0n) is 19.9. The van der Waals surface area contributed by atoms with Crippen molar-refractivity contribution in [3.8, 4) is 17.0 Å². The molecule has 0 atom stereocenters. The van der Waals surface area contributed by atoms with Crippen molar-refractivity contribution in [2.24, 2.45) is 5.10 Å². The van der Waals surface area contributed by atoms with E-state index < -0.39 is 0 Å². The Hall–Kier alpha value is -2.83. The highest BCUT2D eigenvalue weighted by Crippen LogP contribution is 2.30. The molecule has 5 aromatic rings. The molecule has 8 heteroatoms. The van der Waals surface area contributed by atoms with Gasteiger partial charge in [-0.2, -0.15) is 5.10 Å². The highest BCUT2D eigenvalue weighted by molar-refractivity contribution is 14.1. The van der Waals surface area contributed by atoms with E-state index in [1.54, 1.807) is 6.21 Å². The lowest BCUT2D eigenvalue weighted by Crippen LogP contribution is -2.18. The Morgan fingerprint density at radius 3 is 2.34 bits per heavy atom. The van der Waals surface area contributed by atoms with Gasteiger partial charge in [0.1, 0.15) is 12.4 Å². The van der Waals surface area contributed by atoms with E-state index in [0.717, 1.165) is 50.6 Å². The number of nitrogens with zero attached hydrogens (tertiary/aromatic N) is 2. The van der Waals surface area contributed by atoms with Gasteiger partial charge in [0, 0.05) is 15.4 Å². The Balaban J connectivity index is 1.32. The Morgan fingerprint density at radius 1 is 0.921 bits per heavy atom. The standard InChI is InChI=1S/C30H20BrI2N3O2/c31-22-12-10-19(11-13-22)18-38-29-25(32)14-20(15-26(29)33)17-34-36-30(37)24-16-28(21-6-2-1-3-7-21)35-27-9-5-4-8-23(24)27/h1-17H,18H2,(H,36,37)/b34-17+. The molecule has 1 amide bonds. The van der Waals surface area contributed by atoms with Gasteiger partial charge in [-0.3, -0.25) is 4.79 Å². The molecule has 0 unspecified atom stereocenters. The van der Waals surface area contributed by atoms with Crippen molar-refractivity contribution >= 4 is 84.1 Å². The number of aromatic nitrogens is 1. The number of ether oxygens (including phenoxy) is 1. The highest BCUT2D eigenvalue weighted by atomic mass is 127. The predicted molar refractivity (Wildman–Crippen MR) is 173 cm³/mol.